The van der Waals surface area contributed by atoms with Crippen molar-refractivity contribution in [3.63, 3.8) is 0 Å². The first kappa shape index (κ1) is 9.45. The van der Waals surface area contributed by atoms with Gasteiger partial charge >= 0.3 is 0 Å². The number of benzene rings is 1. The second-order valence-electron chi connectivity index (χ2n) is 3.23. The van der Waals surface area contributed by atoms with Crippen molar-refractivity contribution in [3.8, 4) is 0 Å². The molecule has 1 aromatic rings. The minimum Gasteiger partial charge on any atom is -0.368 e. The van der Waals surface area contributed by atoms with E-state index in [0.29, 0.717) is 0 Å². The van der Waals surface area contributed by atoms with Gasteiger partial charge in [0.25, 0.3) is 0 Å². The largest absolute Gasteiger partial charge is 0.368 e. The number of nitrogens with two attached hydrogens (primary N) is 1. The average Bonchev–Trinajstić information content (AvgIpc) is 2.41. The number of carbonyl (C=O) groups excluding carboxylic acids is 1. The van der Waals surface area contributed by atoms with Gasteiger partial charge in [-0.1, -0.05) is 18.2 Å². The Balaban J connectivity index is 2.39. The van der Waals surface area contributed by atoms with Crippen LogP contribution in [0.1, 0.15) is 5.56 Å². The highest BCUT2D eigenvalue weighted by Gasteiger charge is 2.10. The first-order valence-electron chi connectivity index (χ1n) is 4.61. The molecule has 1 heterocycles. The number of para-hydroxylation sites is 1. The maximum Gasteiger partial charge on any atom is 0.237 e. The van der Waals surface area contributed by atoms with Crippen molar-refractivity contribution in [3.05, 3.63) is 42.2 Å². The number of carbonyl (C=O) groups is 1. The molecule has 0 fully saturated rings. The van der Waals surface area contributed by atoms with Gasteiger partial charge in [-0.2, -0.15) is 0 Å². The van der Waals surface area contributed by atoms with E-state index in [2.05, 4.69) is 4.99 Å². The van der Waals surface area contributed by atoms with Crippen LogP contribution in [-0.4, -0.2) is 18.7 Å². The van der Waals surface area contributed by atoms with Crippen molar-refractivity contribution >= 4 is 17.8 Å². The van der Waals surface area contributed by atoms with E-state index in [1.807, 2.05) is 24.3 Å². The first-order chi connectivity index (χ1) is 7.27. The normalized spacial score (nSPS) is 13.5. The Morgan fingerprint density at radius 2 is 2.20 bits per heavy atom. The van der Waals surface area contributed by atoms with E-state index in [1.165, 1.54) is 0 Å². The van der Waals surface area contributed by atoms with Crippen LogP contribution in [-0.2, 0) is 4.79 Å². The molecule has 0 radical (unpaired) electrons. The molecule has 76 valence electrons. The molecule has 4 nitrogen and oxygen atoms in total. The van der Waals surface area contributed by atoms with E-state index in [1.54, 1.807) is 23.5 Å². The summed E-state index contributed by atoms with van der Waals surface area (Å²) < 4.78 is 0. The summed E-state index contributed by atoms with van der Waals surface area (Å²) in [5, 5.41) is 0. The number of anilines is 1. The smallest absolute Gasteiger partial charge is 0.237 e. The Bertz CT molecular complexity index is 437. The van der Waals surface area contributed by atoms with Gasteiger partial charge in [-0.25, -0.2) is 0 Å². The zero-order valence-corrected chi connectivity index (χ0v) is 8.13. The molecule has 4 heteroatoms. The number of nitrogens with zero attached hydrogens (tertiary/aromatic N) is 2. The number of fused-ring (bicyclic) bond motifs is 1. The van der Waals surface area contributed by atoms with Crippen LogP contribution in [0.15, 0.2) is 41.7 Å². The van der Waals surface area contributed by atoms with Crippen molar-refractivity contribution in [2.24, 2.45) is 10.7 Å². The summed E-state index contributed by atoms with van der Waals surface area (Å²) in [6.45, 7) is 0.164. The minimum absolute atomic E-state index is 0.164. The molecule has 0 bridgehead atoms. The highest BCUT2D eigenvalue weighted by Crippen LogP contribution is 2.20. The maximum absolute atomic E-state index is 10.9. The predicted octanol–water partition coefficient (Wildman–Crippen LogP) is 0.882. The fraction of sp³-hybridized carbons (Fsp3) is 0.0909. The van der Waals surface area contributed by atoms with E-state index >= 15 is 0 Å². The fourth-order valence-electron chi connectivity index (χ4n) is 1.49. The molecule has 0 unspecified atom stereocenters. The van der Waals surface area contributed by atoms with Crippen LogP contribution in [0.2, 0.25) is 0 Å². The minimum atomic E-state index is -0.364. The third-order valence-electron chi connectivity index (χ3n) is 2.12. The monoisotopic (exact) mass is 201 g/mol. The van der Waals surface area contributed by atoms with Crippen molar-refractivity contribution in [2.75, 3.05) is 11.4 Å². The average molecular weight is 201 g/mol. The van der Waals surface area contributed by atoms with Crippen LogP contribution in [0.3, 0.4) is 0 Å². The molecule has 1 amide bonds. The maximum atomic E-state index is 10.9. The lowest BCUT2D eigenvalue weighted by atomic mass is 10.2. The number of primary amides is 1. The van der Waals surface area contributed by atoms with Crippen molar-refractivity contribution < 1.29 is 4.79 Å². The van der Waals surface area contributed by atoms with Crippen molar-refractivity contribution in [1.29, 1.82) is 0 Å². The SMILES string of the molecule is NC(=O)CN1C=CN=Cc2ccccc21. The van der Waals surface area contributed by atoms with Crippen LogP contribution >= 0.6 is 0 Å². The Hall–Kier alpha value is -2.10. The molecular formula is C11H11N3O. The second-order valence-corrected chi connectivity index (χ2v) is 3.23. The zero-order chi connectivity index (χ0) is 10.7. The van der Waals surface area contributed by atoms with Gasteiger partial charge in [-0.3, -0.25) is 9.79 Å². The molecule has 15 heavy (non-hydrogen) atoms. The van der Waals surface area contributed by atoms with E-state index < -0.39 is 0 Å². The standard InChI is InChI=1S/C11H11N3O/c12-11(15)8-14-6-5-13-7-9-3-1-2-4-10(9)14/h1-7H,8H2,(H2,12,15). The van der Waals surface area contributed by atoms with E-state index in [4.69, 9.17) is 5.73 Å². The molecule has 2 rings (SSSR count). The fourth-order valence-corrected chi connectivity index (χ4v) is 1.49. The number of amides is 1. The van der Waals surface area contributed by atoms with Gasteiger partial charge in [0.1, 0.15) is 6.54 Å². The van der Waals surface area contributed by atoms with Gasteiger partial charge in [0.15, 0.2) is 0 Å². The van der Waals surface area contributed by atoms with Crippen LogP contribution in [0.5, 0.6) is 0 Å². The molecule has 0 atom stereocenters. The highest BCUT2D eigenvalue weighted by molar-refractivity contribution is 5.91. The van der Waals surface area contributed by atoms with Gasteiger partial charge in [-0.15, -0.1) is 0 Å². The summed E-state index contributed by atoms with van der Waals surface area (Å²) in [5.41, 5.74) is 7.09. The summed E-state index contributed by atoms with van der Waals surface area (Å²) in [6.07, 6.45) is 5.14. The molecule has 1 aliphatic rings. The summed E-state index contributed by atoms with van der Waals surface area (Å²) in [4.78, 5) is 16.7. The van der Waals surface area contributed by atoms with Crippen LogP contribution in [0.4, 0.5) is 5.69 Å². The van der Waals surface area contributed by atoms with Crippen LogP contribution in [0, 0.1) is 0 Å². The molecule has 1 aliphatic heterocycles. The second kappa shape index (κ2) is 3.96. The number of hydrogen-bond acceptors (Lipinski definition) is 3. The topological polar surface area (TPSA) is 58.7 Å². The number of rotatable bonds is 2. The van der Waals surface area contributed by atoms with Crippen molar-refractivity contribution in [2.45, 2.75) is 0 Å². The first-order valence-corrected chi connectivity index (χ1v) is 4.61. The Morgan fingerprint density at radius 1 is 1.40 bits per heavy atom. The summed E-state index contributed by atoms with van der Waals surface area (Å²) >= 11 is 0. The third-order valence-corrected chi connectivity index (χ3v) is 2.12. The molecular weight excluding hydrogens is 190 g/mol. The lowest BCUT2D eigenvalue weighted by Gasteiger charge is -2.19. The summed E-state index contributed by atoms with van der Waals surface area (Å²) in [5.74, 6) is -0.364. The third kappa shape index (κ3) is 2.04. The Kier molecular flexibility index (Phi) is 2.49. The highest BCUT2D eigenvalue weighted by atomic mass is 16.1. The molecule has 0 spiro atoms. The molecule has 0 aliphatic carbocycles. The summed E-state index contributed by atoms with van der Waals surface area (Å²) in [7, 11) is 0. The van der Waals surface area contributed by atoms with Crippen LogP contribution < -0.4 is 10.6 Å². The summed E-state index contributed by atoms with van der Waals surface area (Å²) in [6, 6.07) is 7.72. The molecule has 1 aromatic carbocycles. The lowest BCUT2D eigenvalue weighted by Crippen LogP contribution is -2.30. The van der Waals surface area contributed by atoms with Crippen molar-refractivity contribution in [1.82, 2.24) is 0 Å². The van der Waals surface area contributed by atoms with Gasteiger partial charge in [0.05, 0.1) is 5.69 Å². The number of aliphatic imine (C=N–C) groups is 1. The van der Waals surface area contributed by atoms with E-state index in [9.17, 15) is 4.79 Å². The van der Waals surface area contributed by atoms with E-state index in [0.717, 1.165) is 11.3 Å². The van der Waals surface area contributed by atoms with Gasteiger partial charge in [-0.05, 0) is 6.07 Å². The zero-order valence-electron chi connectivity index (χ0n) is 8.13. The molecule has 0 aromatic heterocycles. The number of hydrogen-bond donors (Lipinski definition) is 1. The van der Waals surface area contributed by atoms with E-state index in [-0.39, 0.29) is 12.5 Å². The van der Waals surface area contributed by atoms with Crippen LogP contribution in [0.25, 0.3) is 0 Å². The Labute approximate surface area is 87.7 Å². The molecule has 0 saturated heterocycles. The van der Waals surface area contributed by atoms with Gasteiger partial charge < -0.3 is 10.6 Å². The van der Waals surface area contributed by atoms with Gasteiger partial charge in [0.2, 0.25) is 5.91 Å². The quantitative estimate of drug-likeness (QED) is 0.772. The Morgan fingerprint density at radius 3 is 3.00 bits per heavy atom. The molecule has 0 saturated carbocycles. The predicted molar refractivity (Wildman–Crippen MR) is 59.7 cm³/mol. The van der Waals surface area contributed by atoms with Gasteiger partial charge in [0, 0.05) is 24.2 Å². The molecule has 2 N–H and O–H groups in total. The lowest BCUT2D eigenvalue weighted by molar-refractivity contribution is -0.116.